The number of hydrogen-bond donors (Lipinski definition) is 0. The molecule has 0 saturated heterocycles. The first-order valence-corrected chi connectivity index (χ1v) is 8.18. The fourth-order valence-electron chi connectivity index (χ4n) is 2.15. The number of nitrogens with zero attached hydrogens (tertiary/aromatic N) is 2. The summed E-state index contributed by atoms with van der Waals surface area (Å²) >= 11 is 14.8. The molecule has 3 aromatic rings. The van der Waals surface area contributed by atoms with Crippen LogP contribution >= 0.6 is 45.8 Å². The third kappa shape index (κ3) is 3.25. The molecule has 2 nitrogen and oxygen atoms in total. The van der Waals surface area contributed by atoms with Gasteiger partial charge in [-0.15, -0.1) is 0 Å². The average molecular weight is 429 g/mol. The Hall–Kier alpha value is -1.04. The van der Waals surface area contributed by atoms with Crippen molar-refractivity contribution >= 4 is 45.8 Å². The van der Waals surface area contributed by atoms with Crippen LogP contribution in [0.15, 0.2) is 54.9 Å². The second-order valence-corrected chi connectivity index (χ2v) is 6.65. The summed E-state index contributed by atoms with van der Waals surface area (Å²) in [5.41, 5.74) is 1.98. The standard InChI is InChI=1S/C16H11Cl2IN2/c17-14-2-1-3-15(18)13(14)10-21-9-8-20-16(21)11-4-6-12(19)7-5-11/h1-9H,10H2. The topological polar surface area (TPSA) is 17.8 Å². The zero-order valence-electron chi connectivity index (χ0n) is 10.9. The van der Waals surface area contributed by atoms with Gasteiger partial charge >= 0.3 is 0 Å². The van der Waals surface area contributed by atoms with E-state index in [9.17, 15) is 0 Å². The highest BCUT2D eigenvalue weighted by atomic mass is 127. The lowest BCUT2D eigenvalue weighted by Gasteiger charge is -2.11. The summed E-state index contributed by atoms with van der Waals surface area (Å²) in [5, 5.41) is 1.34. The van der Waals surface area contributed by atoms with Gasteiger partial charge in [0.25, 0.3) is 0 Å². The Labute approximate surface area is 146 Å². The molecule has 5 heteroatoms. The number of rotatable bonds is 3. The van der Waals surface area contributed by atoms with Crippen LogP contribution in [-0.2, 0) is 6.54 Å². The first kappa shape index (κ1) is 14.9. The van der Waals surface area contributed by atoms with Crippen molar-refractivity contribution in [1.29, 1.82) is 0 Å². The molecule has 21 heavy (non-hydrogen) atoms. The summed E-state index contributed by atoms with van der Waals surface area (Å²) in [6.07, 6.45) is 3.73. The van der Waals surface area contributed by atoms with Gasteiger partial charge in [0.2, 0.25) is 0 Å². The molecule has 2 aromatic carbocycles. The predicted molar refractivity (Wildman–Crippen MR) is 95.9 cm³/mol. The number of halogens is 3. The summed E-state index contributed by atoms with van der Waals surface area (Å²) in [6.45, 7) is 0.597. The van der Waals surface area contributed by atoms with Gasteiger partial charge in [-0.1, -0.05) is 41.4 Å². The second kappa shape index (κ2) is 6.38. The second-order valence-electron chi connectivity index (χ2n) is 4.59. The van der Waals surface area contributed by atoms with E-state index >= 15 is 0 Å². The van der Waals surface area contributed by atoms with Crippen LogP contribution in [0.3, 0.4) is 0 Å². The lowest BCUT2D eigenvalue weighted by Crippen LogP contribution is -2.02. The van der Waals surface area contributed by atoms with Crippen molar-refractivity contribution in [3.8, 4) is 11.4 Å². The highest BCUT2D eigenvalue weighted by molar-refractivity contribution is 14.1. The molecule has 0 amide bonds. The Morgan fingerprint density at radius 1 is 1.00 bits per heavy atom. The zero-order chi connectivity index (χ0) is 14.8. The van der Waals surface area contributed by atoms with Gasteiger partial charge in [0.15, 0.2) is 0 Å². The van der Waals surface area contributed by atoms with Crippen molar-refractivity contribution in [1.82, 2.24) is 9.55 Å². The van der Waals surface area contributed by atoms with E-state index in [1.165, 1.54) is 3.57 Å². The van der Waals surface area contributed by atoms with Gasteiger partial charge in [-0.25, -0.2) is 4.98 Å². The van der Waals surface area contributed by atoms with Crippen molar-refractivity contribution in [2.24, 2.45) is 0 Å². The normalized spacial score (nSPS) is 10.8. The Bertz CT molecular complexity index is 746. The summed E-state index contributed by atoms with van der Waals surface area (Å²) in [7, 11) is 0. The van der Waals surface area contributed by atoms with Crippen LogP contribution in [0.5, 0.6) is 0 Å². The van der Waals surface area contributed by atoms with E-state index in [1.54, 1.807) is 6.20 Å². The van der Waals surface area contributed by atoms with E-state index in [-0.39, 0.29) is 0 Å². The van der Waals surface area contributed by atoms with Crippen LogP contribution in [-0.4, -0.2) is 9.55 Å². The van der Waals surface area contributed by atoms with Crippen molar-refractivity contribution in [2.45, 2.75) is 6.54 Å². The zero-order valence-corrected chi connectivity index (χ0v) is 14.6. The number of benzene rings is 2. The van der Waals surface area contributed by atoms with E-state index in [4.69, 9.17) is 23.2 Å². The van der Waals surface area contributed by atoms with Crippen molar-refractivity contribution in [3.05, 3.63) is 74.0 Å². The van der Waals surface area contributed by atoms with Crippen LogP contribution < -0.4 is 0 Å². The van der Waals surface area contributed by atoms with Gasteiger partial charge in [0, 0.05) is 37.1 Å². The molecular formula is C16H11Cl2IN2. The first-order chi connectivity index (χ1) is 10.1. The van der Waals surface area contributed by atoms with Crippen LogP contribution in [0.1, 0.15) is 5.56 Å². The number of imidazole rings is 1. The summed E-state index contributed by atoms with van der Waals surface area (Å²) in [4.78, 5) is 4.45. The van der Waals surface area contributed by atoms with Crippen molar-refractivity contribution in [3.63, 3.8) is 0 Å². The Morgan fingerprint density at radius 3 is 2.33 bits per heavy atom. The fraction of sp³-hybridized carbons (Fsp3) is 0.0625. The Morgan fingerprint density at radius 2 is 1.67 bits per heavy atom. The molecule has 0 aliphatic carbocycles. The molecule has 0 saturated carbocycles. The van der Waals surface area contributed by atoms with Crippen LogP contribution in [0.25, 0.3) is 11.4 Å². The molecule has 1 heterocycles. The predicted octanol–water partition coefficient (Wildman–Crippen LogP) is 5.51. The molecule has 0 spiro atoms. The largest absolute Gasteiger partial charge is 0.326 e. The molecular weight excluding hydrogens is 418 g/mol. The van der Waals surface area contributed by atoms with Gasteiger partial charge in [0.05, 0.1) is 6.54 Å². The van der Waals surface area contributed by atoms with Crippen LogP contribution in [0, 0.1) is 3.57 Å². The number of hydrogen-bond acceptors (Lipinski definition) is 1. The molecule has 0 aliphatic rings. The minimum Gasteiger partial charge on any atom is -0.326 e. The number of aromatic nitrogens is 2. The van der Waals surface area contributed by atoms with Crippen LogP contribution in [0.4, 0.5) is 0 Å². The molecule has 0 radical (unpaired) electrons. The first-order valence-electron chi connectivity index (χ1n) is 6.35. The maximum absolute atomic E-state index is 6.25. The van der Waals surface area contributed by atoms with Gasteiger partial charge in [-0.05, 0) is 46.9 Å². The minimum atomic E-state index is 0.597. The summed E-state index contributed by atoms with van der Waals surface area (Å²) < 4.78 is 3.25. The quantitative estimate of drug-likeness (QED) is 0.503. The highest BCUT2D eigenvalue weighted by Gasteiger charge is 2.10. The average Bonchev–Trinajstić information content (AvgIpc) is 2.92. The molecule has 106 valence electrons. The van der Waals surface area contributed by atoms with Crippen molar-refractivity contribution < 1.29 is 0 Å². The van der Waals surface area contributed by atoms with Gasteiger partial charge in [-0.3, -0.25) is 0 Å². The lowest BCUT2D eigenvalue weighted by atomic mass is 10.2. The van der Waals surface area contributed by atoms with E-state index in [0.29, 0.717) is 16.6 Å². The molecule has 1 aromatic heterocycles. The molecule has 0 bridgehead atoms. The molecule has 0 atom stereocenters. The maximum Gasteiger partial charge on any atom is 0.140 e. The van der Waals surface area contributed by atoms with Gasteiger partial charge in [-0.2, -0.15) is 0 Å². The molecule has 0 aliphatic heterocycles. The highest BCUT2D eigenvalue weighted by Crippen LogP contribution is 2.27. The van der Waals surface area contributed by atoms with E-state index in [1.807, 2.05) is 24.4 Å². The fourth-order valence-corrected chi connectivity index (χ4v) is 3.03. The van der Waals surface area contributed by atoms with E-state index in [2.05, 4.69) is 56.4 Å². The third-order valence-electron chi connectivity index (χ3n) is 3.21. The SMILES string of the molecule is Clc1cccc(Cl)c1Cn1ccnc1-c1ccc(I)cc1. The van der Waals surface area contributed by atoms with Gasteiger partial charge in [0.1, 0.15) is 5.82 Å². The lowest BCUT2D eigenvalue weighted by molar-refractivity contribution is 0.807. The van der Waals surface area contributed by atoms with Crippen molar-refractivity contribution in [2.75, 3.05) is 0 Å². The summed E-state index contributed by atoms with van der Waals surface area (Å²) in [6, 6.07) is 13.8. The monoisotopic (exact) mass is 428 g/mol. The Kier molecular flexibility index (Phi) is 4.52. The maximum atomic E-state index is 6.25. The third-order valence-corrected chi connectivity index (χ3v) is 4.64. The van der Waals surface area contributed by atoms with Crippen LogP contribution in [0.2, 0.25) is 10.0 Å². The minimum absolute atomic E-state index is 0.597. The smallest absolute Gasteiger partial charge is 0.140 e. The summed E-state index contributed by atoms with van der Waals surface area (Å²) in [5.74, 6) is 0.905. The molecule has 0 fully saturated rings. The Balaban J connectivity index is 1.98. The van der Waals surface area contributed by atoms with Gasteiger partial charge < -0.3 is 4.57 Å². The van der Waals surface area contributed by atoms with E-state index in [0.717, 1.165) is 17.0 Å². The van der Waals surface area contributed by atoms with E-state index < -0.39 is 0 Å². The molecule has 0 unspecified atom stereocenters. The molecule has 3 rings (SSSR count). The molecule has 0 N–H and O–H groups in total.